The zero-order valence-electron chi connectivity index (χ0n) is 6.19. The van der Waals surface area contributed by atoms with Crippen molar-refractivity contribution in [3.8, 4) is 5.75 Å². The van der Waals surface area contributed by atoms with Gasteiger partial charge < -0.3 is 4.74 Å². The molecule has 0 bridgehead atoms. The molecular formula is C8H7BrClFO. The van der Waals surface area contributed by atoms with Crippen molar-refractivity contribution < 1.29 is 9.13 Å². The number of hydrogen-bond donors (Lipinski definition) is 0. The molecular weight excluding hydrogens is 246 g/mol. The lowest BCUT2D eigenvalue weighted by Gasteiger charge is -2.04. The van der Waals surface area contributed by atoms with Crippen LogP contribution in [-0.4, -0.2) is 12.5 Å². The largest absolute Gasteiger partial charge is 0.489 e. The molecule has 0 heterocycles. The van der Waals surface area contributed by atoms with Gasteiger partial charge in [-0.1, -0.05) is 15.9 Å². The Morgan fingerprint density at radius 1 is 1.50 bits per heavy atom. The molecule has 66 valence electrons. The summed E-state index contributed by atoms with van der Waals surface area (Å²) in [5.74, 6) is 0.208. The molecule has 12 heavy (non-hydrogen) atoms. The molecule has 1 aromatic carbocycles. The van der Waals surface area contributed by atoms with Gasteiger partial charge in [-0.05, 0) is 18.2 Å². The third kappa shape index (κ3) is 2.64. The summed E-state index contributed by atoms with van der Waals surface area (Å²) in [7, 11) is 0. The van der Waals surface area contributed by atoms with Gasteiger partial charge in [0.15, 0.2) is 11.6 Å². The molecule has 0 aliphatic rings. The van der Waals surface area contributed by atoms with Gasteiger partial charge in [-0.3, -0.25) is 0 Å². The van der Waals surface area contributed by atoms with Crippen LogP contribution in [0.15, 0.2) is 22.7 Å². The van der Waals surface area contributed by atoms with Crippen LogP contribution in [-0.2, 0) is 0 Å². The first-order valence-corrected chi connectivity index (χ1v) is 4.70. The summed E-state index contributed by atoms with van der Waals surface area (Å²) < 4.78 is 18.7. The summed E-state index contributed by atoms with van der Waals surface area (Å²) in [6, 6.07) is 4.53. The van der Waals surface area contributed by atoms with E-state index in [0.29, 0.717) is 12.5 Å². The van der Waals surface area contributed by atoms with E-state index in [1.54, 1.807) is 12.1 Å². The quantitative estimate of drug-likeness (QED) is 0.752. The standard InChI is InChI=1S/C8H7BrClFO/c9-6-1-2-7(11)8(5-6)12-4-3-10/h1-2,5H,3-4H2. The van der Waals surface area contributed by atoms with E-state index in [1.807, 2.05) is 0 Å². The third-order valence-corrected chi connectivity index (χ3v) is 1.88. The number of hydrogen-bond acceptors (Lipinski definition) is 1. The summed E-state index contributed by atoms with van der Waals surface area (Å²) in [5.41, 5.74) is 0. The van der Waals surface area contributed by atoms with Crippen LogP contribution < -0.4 is 4.74 Å². The lowest BCUT2D eigenvalue weighted by molar-refractivity contribution is 0.323. The number of halogens is 3. The molecule has 0 saturated heterocycles. The molecule has 0 N–H and O–H groups in total. The van der Waals surface area contributed by atoms with E-state index in [-0.39, 0.29) is 11.6 Å². The molecule has 0 saturated carbocycles. The average Bonchev–Trinajstić information content (AvgIpc) is 2.07. The zero-order valence-corrected chi connectivity index (χ0v) is 8.53. The summed E-state index contributed by atoms with van der Waals surface area (Å²) in [6.45, 7) is 0.314. The Kier molecular flexibility index (Phi) is 3.82. The van der Waals surface area contributed by atoms with E-state index in [2.05, 4.69) is 15.9 Å². The van der Waals surface area contributed by atoms with Gasteiger partial charge in [0.1, 0.15) is 6.61 Å². The topological polar surface area (TPSA) is 9.23 Å². The number of ether oxygens (including phenoxy) is 1. The second-order valence-corrected chi connectivity index (χ2v) is 3.41. The molecule has 1 nitrogen and oxygen atoms in total. The Balaban J connectivity index is 2.75. The van der Waals surface area contributed by atoms with Gasteiger partial charge in [-0.15, -0.1) is 11.6 Å². The predicted octanol–water partition coefficient (Wildman–Crippen LogP) is 3.21. The average molecular weight is 253 g/mol. The fraction of sp³-hybridized carbons (Fsp3) is 0.250. The van der Waals surface area contributed by atoms with Gasteiger partial charge in [-0.2, -0.15) is 0 Å². The Bertz CT molecular complexity index is 267. The van der Waals surface area contributed by atoms with E-state index in [9.17, 15) is 4.39 Å². The van der Waals surface area contributed by atoms with E-state index < -0.39 is 0 Å². The van der Waals surface area contributed by atoms with Gasteiger partial charge in [0, 0.05) is 4.47 Å². The highest BCUT2D eigenvalue weighted by Crippen LogP contribution is 2.21. The molecule has 0 aliphatic heterocycles. The molecule has 1 aromatic rings. The van der Waals surface area contributed by atoms with Gasteiger partial charge >= 0.3 is 0 Å². The Morgan fingerprint density at radius 2 is 2.25 bits per heavy atom. The van der Waals surface area contributed by atoms with Crippen molar-refractivity contribution in [3.63, 3.8) is 0 Å². The van der Waals surface area contributed by atoms with Crippen molar-refractivity contribution in [2.45, 2.75) is 0 Å². The first kappa shape index (κ1) is 9.81. The second kappa shape index (κ2) is 4.67. The fourth-order valence-corrected chi connectivity index (χ4v) is 1.15. The monoisotopic (exact) mass is 252 g/mol. The molecule has 0 unspecified atom stereocenters. The number of benzene rings is 1. The fourth-order valence-electron chi connectivity index (χ4n) is 0.736. The Labute approximate surface area is 83.6 Å². The Hall–Kier alpha value is -0.280. The van der Waals surface area contributed by atoms with Crippen LogP contribution in [0.25, 0.3) is 0 Å². The van der Waals surface area contributed by atoms with Gasteiger partial charge in [-0.25, -0.2) is 4.39 Å². The van der Waals surface area contributed by atoms with E-state index in [4.69, 9.17) is 16.3 Å². The van der Waals surface area contributed by atoms with E-state index in [0.717, 1.165) is 4.47 Å². The lowest BCUT2D eigenvalue weighted by atomic mass is 10.3. The summed E-state index contributed by atoms with van der Waals surface area (Å²) in [4.78, 5) is 0. The van der Waals surface area contributed by atoms with Gasteiger partial charge in [0.05, 0.1) is 5.88 Å². The Morgan fingerprint density at radius 3 is 2.92 bits per heavy atom. The molecule has 1 rings (SSSR count). The van der Waals surface area contributed by atoms with Crippen LogP contribution in [0.5, 0.6) is 5.75 Å². The van der Waals surface area contributed by atoms with Crippen LogP contribution >= 0.6 is 27.5 Å². The first-order valence-electron chi connectivity index (χ1n) is 3.38. The molecule has 0 amide bonds. The summed E-state index contributed by atoms with van der Waals surface area (Å²) in [5, 5.41) is 0. The van der Waals surface area contributed by atoms with Crippen LogP contribution in [0.4, 0.5) is 4.39 Å². The molecule has 0 aromatic heterocycles. The third-order valence-electron chi connectivity index (χ3n) is 1.23. The SMILES string of the molecule is Fc1ccc(Br)cc1OCCCl. The molecule has 0 spiro atoms. The van der Waals surface area contributed by atoms with Crippen molar-refractivity contribution in [1.29, 1.82) is 0 Å². The van der Waals surface area contributed by atoms with Crippen molar-refractivity contribution >= 4 is 27.5 Å². The maximum atomic E-state index is 12.9. The zero-order chi connectivity index (χ0) is 8.97. The maximum Gasteiger partial charge on any atom is 0.165 e. The molecule has 0 aliphatic carbocycles. The highest BCUT2D eigenvalue weighted by atomic mass is 79.9. The van der Waals surface area contributed by atoms with Crippen LogP contribution in [0.2, 0.25) is 0 Å². The minimum Gasteiger partial charge on any atom is -0.489 e. The normalized spacial score (nSPS) is 9.92. The summed E-state index contributed by atoms with van der Waals surface area (Å²) in [6.07, 6.45) is 0. The number of rotatable bonds is 3. The maximum absolute atomic E-state index is 12.9. The van der Waals surface area contributed by atoms with Crippen molar-refractivity contribution in [2.24, 2.45) is 0 Å². The first-order chi connectivity index (χ1) is 5.74. The predicted molar refractivity (Wildman–Crippen MR) is 50.3 cm³/mol. The second-order valence-electron chi connectivity index (χ2n) is 2.11. The van der Waals surface area contributed by atoms with E-state index >= 15 is 0 Å². The highest BCUT2D eigenvalue weighted by molar-refractivity contribution is 9.10. The van der Waals surface area contributed by atoms with Gasteiger partial charge in [0.25, 0.3) is 0 Å². The molecule has 0 fully saturated rings. The van der Waals surface area contributed by atoms with Crippen molar-refractivity contribution in [3.05, 3.63) is 28.5 Å². The number of alkyl halides is 1. The van der Waals surface area contributed by atoms with Crippen LogP contribution in [0.3, 0.4) is 0 Å². The molecule has 0 radical (unpaired) electrons. The molecule has 0 atom stereocenters. The smallest absolute Gasteiger partial charge is 0.165 e. The van der Waals surface area contributed by atoms with Crippen LogP contribution in [0.1, 0.15) is 0 Å². The van der Waals surface area contributed by atoms with Crippen molar-refractivity contribution in [1.82, 2.24) is 0 Å². The van der Waals surface area contributed by atoms with Gasteiger partial charge in [0.2, 0.25) is 0 Å². The minimum atomic E-state index is -0.372. The minimum absolute atomic E-state index is 0.227. The lowest BCUT2D eigenvalue weighted by Crippen LogP contribution is -1.99. The van der Waals surface area contributed by atoms with Crippen molar-refractivity contribution in [2.75, 3.05) is 12.5 Å². The molecule has 4 heteroatoms. The van der Waals surface area contributed by atoms with Crippen LogP contribution in [0, 0.1) is 5.82 Å². The van der Waals surface area contributed by atoms with E-state index in [1.165, 1.54) is 6.07 Å². The highest BCUT2D eigenvalue weighted by Gasteiger charge is 2.02. The summed E-state index contributed by atoms with van der Waals surface area (Å²) >= 11 is 8.59.